The molecule has 9 heteroatoms. The summed E-state index contributed by atoms with van der Waals surface area (Å²) in [6, 6.07) is 8.06. The number of aromatic nitrogens is 4. The maximum atomic E-state index is 13.8. The zero-order valence-electron chi connectivity index (χ0n) is 27.7. The SMILES string of the molecule is CCC1=C(C)c2nc1cc1[n-]c3c(c1C)CC(=O)c3c1nc(c3cccc4c3[n-]c(c2C=O)C4(C)CC)C(C)=C1CCC(=O)OC.[Ni+2]. The van der Waals surface area contributed by atoms with Crippen LogP contribution < -0.4 is 9.97 Å². The molecule has 0 saturated heterocycles. The van der Waals surface area contributed by atoms with Crippen LogP contribution in [-0.2, 0) is 37.9 Å². The van der Waals surface area contributed by atoms with Crippen molar-refractivity contribution in [1.29, 1.82) is 0 Å². The first-order valence-electron chi connectivity index (χ1n) is 15.9. The normalized spacial score (nSPS) is 17.5. The second-order valence-corrected chi connectivity index (χ2v) is 12.7. The van der Waals surface area contributed by atoms with Crippen molar-refractivity contribution in [3.05, 3.63) is 80.6 Å². The van der Waals surface area contributed by atoms with Crippen LogP contribution in [0.4, 0.5) is 0 Å². The largest absolute Gasteiger partial charge is 2.00 e. The summed E-state index contributed by atoms with van der Waals surface area (Å²) in [6.45, 7) is 12.3. The molecule has 1 aliphatic carbocycles. The number of carbonyl (C=O) groups excluding carboxylic acids is 3. The van der Waals surface area contributed by atoms with E-state index in [1.165, 1.54) is 7.11 Å². The number of benzene rings is 1. The molecule has 3 aliphatic heterocycles. The summed E-state index contributed by atoms with van der Waals surface area (Å²) in [5, 5.41) is 0.821. The van der Waals surface area contributed by atoms with Crippen molar-refractivity contribution in [1.82, 2.24) is 19.9 Å². The Labute approximate surface area is 283 Å². The number of hydrogen-bond donors (Lipinski definition) is 0. The number of Topliss-reactive ketones (excluding diaryl/α,β-unsaturated/α-hetero) is 1. The zero-order valence-corrected chi connectivity index (χ0v) is 28.6. The van der Waals surface area contributed by atoms with Gasteiger partial charge >= 0.3 is 22.5 Å². The van der Waals surface area contributed by atoms with Crippen LogP contribution in [-0.4, -0.2) is 35.1 Å². The fraction of sp³-hybridized carbons (Fsp3) is 0.342. The average Bonchev–Trinajstić information content (AvgIpc) is 3.80. The smallest absolute Gasteiger partial charge is 0.659 e. The quantitative estimate of drug-likeness (QED) is 0.153. The second-order valence-electron chi connectivity index (χ2n) is 12.7. The van der Waals surface area contributed by atoms with E-state index in [-0.39, 0.29) is 41.1 Å². The van der Waals surface area contributed by atoms with E-state index in [0.29, 0.717) is 45.8 Å². The van der Waals surface area contributed by atoms with Gasteiger partial charge in [0.1, 0.15) is 0 Å². The molecule has 242 valence electrons. The first kappa shape index (κ1) is 32.6. The Kier molecular flexibility index (Phi) is 8.12. The van der Waals surface area contributed by atoms with Crippen molar-refractivity contribution in [3.8, 4) is 0 Å². The summed E-state index contributed by atoms with van der Waals surface area (Å²) in [5.41, 5.74) is 12.6. The van der Waals surface area contributed by atoms with E-state index in [2.05, 4.69) is 26.8 Å². The van der Waals surface area contributed by atoms with Crippen LogP contribution in [0.25, 0.3) is 44.2 Å². The number of carbonyl (C=O) groups is 3. The maximum absolute atomic E-state index is 13.8. The molecule has 1 aromatic carbocycles. The van der Waals surface area contributed by atoms with Crippen LogP contribution >= 0.6 is 0 Å². The fourth-order valence-corrected chi connectivity index (χ4v) is 7.65. The van der Waals surface area contributed by atoms with E-state index >= 15 is 0 Å². The van der Waals surface area contributed by atoms with E-state index < -0.39 is 5.41 Å². The van der Waals surface area contributed by atoms with Gasteiger partial charge in [-0.05, 0) is 73.1 Å². The number of methoxy groups -OCH3 is 1. The molecular formula is C38H36N4NiO4. The van der Waals surface area contributed by atoms with Crippen LogP contribution in [0.5, 0.6) is 0 Å². The standard InChI is InChI=1S/C38H37N4O4.Ni/c1-8-21-19(4)33-25(17-43)37-38(6,9-2)26-12-10-11-23(34(26)42-37)32-20(5)22(13-14-30(45)46-7)35(41-32)31-29(44)15-24-18(3)27(39-36(24)31)16-28(21)40-33;/h10-12,16-17H,8-9,13-15H2,1-7H3,(H-,39,40,41,42,43,44);/q-1;+2/p-1. The monoisotopic (exact) mass is 670 g/mol. The first-order valence-corrected chi connectivity index (χ1v) is 15.9. The topological polar surface area (TPSA) is 114 Å². The van der Waals surface area contributed by atoms with E-state index in [4.69, 9.17) is 24.7 Å². The first-order chi connectivity index (χ1) is 22.1. The maximum Gasteiger partial charge on any atom is 2.00 e. The van der Waals surface area contributed by atoms with Gasteiger partial charge in [0.25, 0.3) is 0 Å². The number of nitrogens with zero attached hydrogens (tertiary/aromatic N) is 4. The van der Waals surface area contributed by atoms with Crippen molar-refractivity contribution in [2.24, 2.45) is 0 Å². The molecule has 3 aromatic rings. The summed E-state index contributed by atoms with van der Waals surface area (Å²) in [6.07, 6.45) is 3.11. The molecule has 5 heterocycles. The van der Waals surface area contributed by atoms with Gasteiger partial charge in [-0.25, -0.2) is 9.97 Å². The number of para-hydroxylation sites is 1. The number of esters is 1. The molecule has 0 N–H and O–H groups in total. The van der Waals surface area contributed by atoms with Gasteiger partial charge < -0.3 is 14.7 Å². The predicted octanol–water partition coefficient (Wildman–Crippen LogP) is 7.25. The summed E-state index contributed by atoms with van der Waals surface area (Å²) >= 11 is 0. The molecule has 0 spiro atoms. The van der Waals surface area contributed by atoms with E-state index in [1.807, 2.05) is 39.0 Å². The number of ketones is 1. The van der Waals surface area contributed by atoms with E-state index in [9.17, 15) is 14.4 Å². The Morgan fingerprint density at radius 1 is 1.02 bits per heavy atom. The Balaban J connectivity index is 0.00000386. The molecule has 1 unspecified atom stereocenters. The molecule has 0 fully saturated rings. The number of ether oxygens (including phenoxy) is 1. The molecule has 47 heavy (non-hydrogen) atoms. The minimum absolute atomic E-state index is 0. The molecule has 8 bridgehead atoms. The van der Waals surface area contributed by atoms with E-state index in [1.54, 1.807) is 0 Å². The second kappa shape index (κ2) is 11.7. The van der Waals surface area contributed by atoms with Gasteiger partial charge in [-0.15, -0.1) is 22.2 Å². The number of aryl methyl sites for hydroxylation is 1. The van der Waals surface area contributed by atoms with Gasteiger partial charge in [-0.3, -0.25) is 14.4 Å². The molecule has 0 saturated carbocycles. The molecule has 2 aromatic heterocycles. The van der Waals surface area contributed by atoms with E-state index in [0.717, 1.165) is 80.2 Å². The Hall–Kier alpha value is -4.36. The number of aldehydes is 1. The summed E-state index contributed by atoms with van der Waals surface area (Å²) in [4.78, 5) is 59.7. The van der Waals surface area contributed by atoms with Crippen LogP contribution in [0.3, 0.4) is 0 Å². The van der Waals surface area contributed by atoms with Gasteiger partial charge in [0.05, 0.1) is 29.9 Å². The van der Waals surface area contributed by atoms with Gasteiger partial charge in [0, 0.05) is 24.0 Å². The average molecular weight is 671 g/mol. The summed E-state index contributed by atoms with van der Waals surface area (Å²) in [5.74, 6) is -0.360. The van der Waals surface area contributed by atoms with Crippen molar-refractivity contribution in [2.45, 2.75) is 79.1 Å². The summed E-state index contributed by atoms with van der Waals surface area (Å²) in [7, 11) is 1.38. The fourth-order valence-electron chi connectivity index (χ4n) is 7.65. The predicted molar refractivity (Wildman–Crippen MR) is 179 cm³/mol. The van der Waals surface area contributed by atoms with Gasteiger partial charge in [0.2, 0.25) is 0 Å². The van der Waals surface area contributed by atoms with Gasteiger partial charge in [-0.2, -0.15) is 0 Å². The van der Waals surface area contributed by atoms with Crippen molar-refractivity contribution in [2.75, 3.05) is 7.11 Å². The Bertz CT molecular complexity index is 2200. The molecule has 4 aliphatic rings. The van der Waals surface area contributed by atoms with Gasteiger partial charge in [-0.1, -0.05) is 61.7 Å². The number of allylic oxidation sites excluding steroid dienone is 4. The molecule has 0 radical (unpaired) electrons. The van der Waals surface area contributed by atoms with Crippen LogP contribution in [0.1, 0.15) is 126 Å². The summed E-state index contributed by atoms with van der Waals surface area (Å²) < 4.78 is 4.97. The third-order valence-electron chi connectivity index (χ3n) is 10.5. The Morgan fingerprint density at radius 3 is 2.45 bits per heavy atom. The van der Waals surface area contributed by atoms with Crippen LogP contribution in [0.15, 0.2) is 24.3 Å². The molecule has 1 atom stereocenters. The number of fused-ring (bicyclic) bond motifs is 8. The van der Waals surface area contributed by atoms with Crippen molar-refractivity contribution in [3.63, 3.8) is 0 Å². The van der Waals surface area contributed by atoms with Crippen LogP contribution in [0.2, 0.25) is 0 Å². The minimum Gasteiger partial charge on any atom is -0.659 e. The third kappa shape index (κ3) is 4.57. The Morgan fingerprint density at radius 2 is 1.77 bits per heavy atom. The molecular weight excluding hydrogens is 635 g/mol. The minimum atomic E-state index is -0.544. The molecule has 8 nitrogen and oxygen atoms in total. The van der Waals surface area contributed by atoms with Crippen molar-refractivity contribution < 1.29 is 35.6 Å². The number of rotatable bonds is 6. The zero-order chi connectivity index (χ0) is 32.7. The molecule has 0 amide bonds. The number of hydrogen-bond acceptors (Lipinski definition) is 6. The third-order valence-corrected chi connectivity index (χ3v) is 10.5. The molecule has 7 rings (SSSR count). The van der Waals surface area contributed by atoms with Gasteiger partial charge in [0.15, 0.2) is 12.1 Å². The van der Waals surface area contributed by atoms with Crippen LogP contribution in [0, 0.1) is 6.92 Å². The van der Waals surface area contributed by atoms with Crippen molar-refractivity contribution >= 4 is 62.3 Å².